The van der Waals surface area contributed by atoms with Gasteiger partial charge in [0.15, 0.2) is 5.76 Å². The van der Waals surface area contributed by atoms with Gasteiger partial charge in [0.1, 0.15) is 17.9 Å². The van der Waals surface area contributed by atoms with Gasteiger partial charge in [-0.25, -0.2) is 0 Å². The van der Waals surface area contributed by atoms with E-state index in [1.165, 1.54) is 0 Å². The van der Waals surface area contributed by atoms with Crippen molar-refractivity contribution in [3.63, 3.8) is 0 Å². The summed E-state index contributed by atoms with van der Waals surface area (Å²) in [4.78, 5) is 12.5. The number of nitrogens with one attached hydrogen (secondary N) is 1. The smallest absolute Gasteiger partial charge is 0.291 e. The van der Waals surface area contributed by atoms with Gasteiger partial charge in [-0.2, -0.15) is 0 Å². The molecule has 0 fully saturated rings. The van der Waals surface area contributed by atoms with Crippen molar-refractivity contribution >= 4 is 28.1 Å². The SMILES string of the molecule is COc1cc(NC(=O)c2cc3ccccc3o2)ccc1C1=CCOC=C1C. The highest BCUT2D eigenvalue weighted by Crippen LogP contribution is 2.34. The van der Waals surface area contributed by atoms with Crippen LogP contribution in [0.15, 0.2) is 70.9 Å². The third kappa shape index (κ3) is 3.31. The highest BCUT2D eigenvalue weighted by molar-refractivity contribution is 6.04. The quantitative estimate of drug-likeness (QED) is 0.709. The van der Waals surface area contributed by atoms with Crippen LogP contribution in [0.1, 0.15) is 23.0 Å². The number of ether oxygens (including phenoxy) is 2. The molecule has 0 unspecified atom stereocenters. The molecular formula is C22H19NO4. The molecule has 2 aromatic carbocycles. The molecule has 0 radical (unpaired) electrons. The summed E-state index contributed by atoms with van der Waals surface area (Å²) in [6, 6.07) is 14.8. The maximum absolute atomic E-state index is 12.5. The number of hydrogen-bond acceptors (Lipinski definition) is 4. The van der Waals surface area contributed by atoms with Crippen LogP contribution in [0.5, 0.6) is 5.75 Å². The van der Waals surface area contributed by atoms with Crippen LogP contribution in [-0.4, -0.2) is 19.6 Å². The Balaban J connectivity index is 1.60. The van der Waals surface area contributed by atoms with Gasteiger partial charge in [-0.15, -0.1) is 0 Å². The van der Waals surface area contributed by atoms with Crippen LogP contribution in [0.2, 0.25) is 0 Å². The fraction of sp³-hybridized carbons (Fsp3) is 0.136. The zero-order valence-electron chi connectivity index (χ0n) is 15.1. The Hall–Kier alpha value is -3.47. The molecule has 1 aliphatic heterocycles. The van der Waals surface area contributed by atoms with E-state index in [9.17, 15) is 4.79 Å². The second-order valence-electron chi connectivity index (χ2n) is 6.27. The summed E-state index contributed by atoms with van der Waals surface area (Å²) in [5, 5.41) is 3.76. The van der Waals surface area contributed by atoms with Gasteiger partial charge in [-0.05, 0) is 48.4 Å². The van der Waals surface area contributed by atoms with Gasteiger partial charge in [0, 0.05) is 22.7 Å². The Morgan fingerprint density at radius 3 is 2.78 bits per heavy atom. The van der Waals surface area contributed by atoms with Gasteiger partial charge in [-0.1, -0.05) is 18.2 Å². The minimum Gasteiger partial charge on any atom is -0.497 e. The molecule has 5 heteroatoms. The monoisotopic (exact) mass is 361 g/mol. The van der Waals surface area contributed by atoms with Crippen molar-refractivity contribution in [1.82, 2.24) is 0 Å². The van der Waals surface area contributed by atoms with E-state index in [0.717, 1.165) is 22.1 Å². The van der Waals surface area contributed by atoms with Gasteiger partial charge in [-0.3, -0.25) is 4.79 Å². The Kier molecular flexibility index (Phi) is 4.42. The molecule has 0 spiro atoms. The highest BCUT2D eigenvalue weighted by Gasteiger charge is 2.16. The number of amides is 1. The number of rotatable bonds is 4. The molecule has 0 saturated heterocycles. The van der Waals surface area contributed by atoms with E-state index < -0.39 is 0 Å². The fourth-order valence-electron chi connectivity index (χ4n) is 3.13. The fourth-order valence-corrected chi connectivity index (χ4v) is 3.13. The predicted molar refractivity (Wildman–Crippen MR) is 105 cm³/mol. The molecule has 0 bridgehead atoms. The lowest BCUT2D eigenvalue weighted by molar-refractivity contribution is 0.0998. The number of allylic oxidation sites excluding steroid dienone is 2. The molecule has 1 N–H and O–H groups in total. The Morgan fingerprint density at radius 2 is 2.00 bits per heavy atom. The lowest BCUT2D eigenvalue weighted by atomic mass is 9.97. The molecule has 0 aliphatic carbocycles. The highest BCUT2D eigenvalue weighted by atomic mass is 16.5. The standard InChI is InChI=1S/C22H19NO4/c1-14-13-26-10-9-17(14)18-8-7-16(12-20(18)25-2)23-22(24)21-11-15-5-3-4-6-19(15)27-21/h3-9,11-13H,10H2,1-2H3,(H,23,24). The van der Waals surface area contributed by atoms with E-state index in [2.05, 4.69) is 5.32 Å². The van der Waals surface area contributed by atoms with Crippen LogP contribution in [0, 0.1) is 0 Å². The first kappa shape index (κ1) is 17.0. The zero-order chi connectivity index (χ0) is 18.8. The van der Waals surface area contributed by atoms with Crippen molar-refractivity contribution in [2.75, 3.05) is 19.0 Å². The van der Waals surface area contributed by atoms with Crippen LogP contribution in [0.3, 0.4) is 0 Å². The number of carbonyl (C=O) groups is 1. The summed E-state index contributed by atoms with van der Waals surface area (Å²) < 4.78 is 16.5. The second kappa shape index (κ2) is 7.03. The van der Waals surface area contributed by atoms with Crippen molar-refractivity contribution in [3.05, 3.63) is 77.8 Å². The summed E-state index contributed by atoms with van der Waals surface area (Å²) in [5.74, 6) is 0.644. The van der Waals surface area contributed by atoms with Gasteiger partial charge < -0.3 is 19.2 Å². The first-order valence-corrected chi connectivity index (χ1v) is 8.63. The average Bonchev–Trinajstić information content (AvgIpc) is 3.13. The molecule has 0 atom stereocenters. The molecule has 1 aliphatic rings. The minimum atomic E-state index is -0.303. The first-order valence-electron chi connectivity index (χ1n) is 8.63. The minimum absolute atomic E-state index is 0.269. The number of carbonyl (C=O) groups excluding carboxylic acids is 1. The van der Waals surface area contributed by atoms with Crippen molar-refractivity contribution in [2.45, 2.75) is 6.92 Å². The van der Waals surface area contributed by atoms with Crippen molar-refractivity contribution in [1.29, 1.82) is 0 Å². The van der Waals surface area contributed by atoms with E-state index in [-0.39, 0.29) is 11.7 Å². The largest absolute Gasteiger partial charge is 0.497 e. The van der Waals surface area contributed by atoms with Gasteiger partial charge in [0.2, 0.25) is 0 Å². The molecule has 5 nitrogen and oxygen atoms in total. The Labute approximate surface area is 156 Å². The maximum Gasteiger partial charge on any atom is 0.291 e. The Morgan fingerprint density at radius 1 is 1.15 bits per heavy atom. The van der Waals surface area contributed by atoms with E-state index in [1.54, 1.807) is 25.5 Å². The van der Waals surface area contributed by atoms with Crippen molar-refractivity contribution in [2.24, 2.45) is 0 Å². The number of fused-ring (bicyclic) bond motifs is 1. The van der Waals surface area contributed by atoms with E-state index in [1.807, 2.05) is 49.4 Å². The molecule has 136 valence electrons. The summed E-state index contributed by atoms with van der Waals surface area (Å²) in [6.45, 7) is 2.52. The molecule has 2 heterocycles. The number of para-hydroxylation sites is 1. The van der Waals surface area contributed by atoms with Crippen LogP contribution >= 0.6 is 0 Å². The number of furan rings is 1. The van der Waals surface area contributed by atoms with E-state index in [0.29, 0.717) is 23.6 Å². The number of hydrogen-bond donors (Lipinski definition) is 1. The number of methoxy groups -OCH3 is 1. The molecule has 4 rings (SSSR count). The lowest BCUT2D eigenvalue weighted by Gasteiger charge is -2.17. The second-order valence-corrected chi connectivity index (χ2v) is 6.27. The maximum atomic E-state index is 12.5. The summed E-state index contributed by atoms with van der Waals surface area (Å²) in [6.07, 6.45) is 3.76. The summed E-state index contributed by atoms with van der Waals surface area (Å²) in [7, 11) is 1.61. The average molecular weight is 361 g/mol. The topological polar surface area (TPSA) is 60.7 Å². The van der Waals surface area contributed by atoms with Crippen LogP contribution in [-0.2, 0) is 4.74 Å². The molecule has 3 aromatic rings. The molecular weight excluding hydrogens is 342 g/mol. The summed E-state index contributed by atoms with van der Waals surface area (Å²) in [5.41, 5.74) is 4.36. The van der Waals surface area contributed by atoms with E-state index >= 15 is 0 Å². The molecule has 27 heavy (non-hydrogen) atoms. The summed E-state index contributed by atoms with van der Waals surface area (Å²) >= 11 is 0. The van der Waals surface area contributed by atoms with Crippen molar-refractivity contribution in [3.8, 4) is 5.75 Å². The zero-order valence-corrected chi connectivity index (χ0v) is 15.1. The van der Waals surface area contributed by atoms with Gasteiger partial charge in [0.05, 0.1) is 13.4 Å². The van der Waals surface area contributed by atoms with Crippen LogP contribution in [0.25, 0.3) is 16.5 Å². The third-order valence-electron chi connectivity index (χ3n) is 4.47. The van der Waals surface area contributed by atoms with E-state index in [4.69, 9.17) is 13.9 Å². The van der Waals surface area contributed by atoms with Crippen molar-refractivity contribution < 1.29 is 18.7 Å². The first-order chi connectivity index (χ1) is 13.2. The normalized spacial score (nSPS) is 13.6. The third-order valence-corrected chi connectivity index (χ3v) is 4.47. The lowest BCUT2D eigenvalue weighted by Crippen LogP contribution is -2.11. The molecule has 0 saturated carbocycles. The van der Waals surface area contributed by atoms with Crippen LogP contribution < -0.4 is 10.1 Å². The van der Waals surface area contributed by atoms with Gasteiger partial charge >= 0.3 is 0 Å². The molecule has 1 amide bonds. The van der Waals surface area contributed by atoms with Gasteiger partial charge in [0.25, 0.3) is 5.91 Å². The molecule has 1 aromatic heterocycles. The predicted octanol–water partition coefficient (Wildman–Crippen LogP) is 5.01. The Bertz CT molecular complexity index is 1040. The number of benzene rings is 2. The number of anilines is 1. The van der Waals surface area contributed by atoms with Crippen LogP contribution in [0.4, 0.5) is 5.69 Å².